The summed E-state index contributed by atoms with van der Waals surface area (Å²) in [7, 11) is 2.93. The summed E-state index contributed by atoms with van der Waals surface area (Å²) in [6, 6.07) is 3.27. The summed E-state index contributed by atoms with van der Waals surface area (Å²) < 4.78 is 0. The van der Waals surface area contributed by atoms with Crippen molar-refractivity contribution in [3.8, 4) is 0 Å². The van der Waals surface area contributed by atoms with Gasteiger partial charge in [-0.25, -0.2) is 0 Å². The van der Waals surface area contributed by atoms with Crippen LogP contribution in [0.1, 0.15) is 140 Å². The quantitative estimate of drug-likeness (QED) is 0.107. The van der Waals surface area contributed by atoms with Crippen molar-refractivity contribution in [3.63, 3.8) is 0 Å². The summed E-state index contributed by atoms with van der Waals surface area (Å²) in [4.78, 5) is 29.7. The Balaban J connectivity index is 0. The van der Waals surface area contributed by atoms with Gasteiger partial charge in [-0.15, -0.1) is 9.24 Å². The summed E-state index contributed by atoms with van der Waals surface area (Å²) >= 11 is 10.4. The largest absolute Gasteiger partial charge is 0.389 e. The van der Waals surface area contributed by atoms with Crippen LogP contribution in [0.25, 0.3) is 0 Å². The Hall–Kier alpha value is -1.30. The van der Waals surface area contributed by atoms with Crippen molar-refractivity contribution in [1.29, 1.82) is 0 Å². The number of carbonyl (C=O) groups excluding carboxylic acids is 2. The lowest BCUT2D eigenvalue weighted by Gasteiger charge is -2.32. The lowest BCUT2D eigenvalue weighted by Crippen LogP contribution is -2.52. The molecule has 9 heteroatoms. The van der Waals surface area contributed by atoms with E-state index in [4.69, 9.17) is 11.6 Å². The Bertz CT molecular complexity index is 983. The first-order valence-corrected chi connectivity index (χ1v) is 20.8. The van der Waals surface area contributed by atoms with Gasteiger partial charge in [-0.3, -0.25) is 14.6 Å². The Labute approximate surface area is 316 Å². The molecular formula is C40H76ClN4O2PS. The molecule has 286 valence electrons. The molecule has 0 radical (unpaired) electrons. The third-order valence-corrected chi connectivity index (χ3v) is 10.4. The standard InChI is InChI=1S/C17H24ClN3O2.C11H23NS.C8H17P.2C2H6/c1-17(2,3)15(20-11-22)16(23)21-7-6-12(10-21)8-14-5-4-13(18)9-19-14;1-5-7-11(13)9(3)10(4)12-8-6-2;1-7(9)8-5-3-2-4-6-8;2*1-2/h4-5,9,11-12,15H,6-8,10H2,1-3H3,(H,20,22);9,11-13H,4-8H2,1-3H3;7-8H,2-6,9H2,1H3;2*1-2H3/t;9?,11-;;;/m.0.../s1. The predicted molar refractivity (Wildman–Crippen MR) is 223 cm³/mol. The van der Waals surface area contributed by atoms with Crippen molar-refractivity contribution in [2.45, 2.75) is 157 Å². The zero-order valence-corrected chi connectivity index (χ0v) is 36.1. The maximum atomic E-state index is 12.7. The van der Waals surface area contributed by atoms with Crippen LogP contribution < -0.4 is 10.6 Å². The minimum Gasteiger partial charge on any atom is -0.389 e. The molecule has 6 nitrogen and oxygen atoms in total. The Kier molecular flexibility index (Phi) is 29.8. The molecule has 0 aromatic carbocycles. The Morgan fingerprint density at radius 2 is 1.71 bits per heavy atom. The highest BCUT2D eigenvalue weighted by Gasteiger charge is 2.37. The molecule has 2 amide bonds. The second kappa shape index (κ2) is 29.3. The van der Waals surface area contributed by atoms with E-state index in [1.165, 1.54) is 38.5 Å². The van der Waals surface area contributed by atoms with Crippen LogP contribution >= 0.6 is 33.5 Å². The van der Waals surface area contributed by atoms with Crippen molar-refractivity contribution in [2.75, 3.05) is 19.6 Å². The van der Waals surface area contributed by atoms with Gasteiger partial charge in [0.25, 0.3) is 0 Å². The van der Waals surface area contributed by atoms with E-state index in [0.717, 1.165) is 61.7 Å². The fourth-order valence-corrected chi connectivity index (χ4v) is 6.78. The minimum atomic E-state index is -0.493. The number of aromatic nitrogens is 1. The first-order chi connectivity index (χ1) is 23.2. The van der Waals surface area contributed by atoms with Crippen LogP contribution in [0.4, 0.5) is 0 Å². The number of thiol groups is 1. The molecule has 3 rings (SSSR count). The van der Waals surface area contributed by atoms with Gasteiger partial charge in [-0.1, -0.05) is 120 Å². The highest BCUT2D eigenvalue weighted by molar-refractivity contribution is 7.81. The Morgan fingerprint density at radius 3 is 2.16 bits per heavy atom. The van der Waals surface area contributed by atoms with Gasteiger partial charge >= 0.3 is 0 Å². The van der Waals surface area contributed by atoms with Crippen molar-refractivity contribution >= 4 is 45.8 Å². The van der Waals surface area contributed by atoms with Gasteiger partial charge in [-0.05, 0) is 73.6 Å². The number of carbonyl (C=O) groups is 2. The van der Waals surface area contributed by atoms with Crippen LogP contribution in [0.5, 0.6) is 0 Å². The fraction of sp³-hybridized carbons (Fsp3) is 0.775. The summed E-state index contributed by atoms with van der Waals surface area (Å²) in [5.74, 6) is 1.87. The number of likely N-dealkylation sites (tertiary alicyclic amines) is 1. The number of nitrogens with one attached hydrogen (secondary N) is 2. The molecule has 1 saturated carbocycles. The Morgan fingerprint density at radius 1 is 1.10 bits per heavy atom. The van der Waals surface area contributed by atoms with Gasteiger partial charge in [0, 0.05) is 48.4 Å². The van der Waals surface area contributed by atoms with Gasteiger partial charge in [-0.2, -0.15) is 12.6 Å². The van der Waals surface area contributed by atoms with Crippen molar-refractivity contribution in [2.24, 2.45) is 23.2 Å². The maximum Gasteiger partial charge on any atom is 0.245 e. The molecular weight excluding hydrogens is 667 g/mol. The van der Waals surface area contributed by atoms with Crippen molar-refractivity contribution < 1.29 is 9.59 Å². The molecule has 1 saturated heterocycles. The topological polar surface area (TPSA) is 74.3 Å². The minimum absolute atomic E-state index is 0.00355. The maximum absolute atomic E-state index is 12.7. The molecule has 6 atom stereocenters. The summed E-state index contributed by atoms with van der Waals surface area (Å²) in [6.07, 6.45) is 14.9. The zero-order valence-electron chi connectivity index (χ0n) is 33.3. The van der Waals surface area contributed by atoms with E-state index < -0.39 is 6.04 Å². The zero-order chi connectivity index (χ0) is 38.0. The smallest absolute Gasteiger partial charge is 0.245 e. The average molecular weight is 744 g/mol. The van der Waals surface area contributed by atoms with Crippen LogP contribution in [-0.4, -0.2) is 58.8 Å². The van der Waals surface area contributed by atoms with Crippen molar-refractivity contribution in [3.05, 3.63) is 41.3 Å². The number of nitrogens with zero attached hydrogens (tertiary/aromatic N) is 2. The molecule has 1 aromatic heterocycles. The molecule has 0 bridgehead atoms. The lowest BCUT2D eigenvalue weighted by molar-refractivity contribution is -0.136. The number of allylic oxidation sites excluding steroid dienone is 1. The van der Waals surface area contributed by atoms with Gasteiger partial charge in [0.05, 0.1) is 5.02 Å². The number of halogens is 1. The number of amides is 2. The second-order valence-corrected chi connectivity index (χ2v) is 16.2. The molecule has 2 fully saturated rings. The van der Waals surface area contributed by atoms with Gasteiger partial charge in [0.15, 0.2) is 0 Å². The number of pyridine rings is 1. The van der Waals surface area contributed by atoms with Crippen molar-refractivity contribution in [1.82, 2.24) is 20.5 Å². The van der Waals surface area contributed by atoms with Gasteiger partial charge in [0.1, 0.15) is 6.04 Å². The van der Waals surface area contributed by atoms with Crippen LogP contribution in [0.3, 0.4) is 0 Å². The third-order valence-electron chi connectivity index (χ3n) is 8.94. The molecule has 1 aliphatic carbocycles. The summed E-state index contributed by atoms with van der Waals surface area (Å²) in [5.41, 5.74) is 2.67. The highest BCUT2D eigenvalue weighted by Crippen LogP contribution is 2.30. The molecule has 2 aliphatic rings. The SMILES string of the molecule is C=C(NCCC)C(C)[C@@H](S)CCC.CC.CC.CC(C)(C)C(NC=O)C(=O)N1CCC(Cc2ccc(Cl)cn2)C1.CC(P)C1CCCCC1. The predicted octanol–water partition coefficient (Wildman–Crippen LogP) is 10.4. The molecule has 1 aliphatic heterocycles. The molecule has 2 N–H and O–H groups in total. The molecule has 0 spiro atoms. The van der Waals surface area contributed by atoms with E-state index in [-0.39, 0.29) is 11.3 Å². The lowest BCUT2D eigenvalue weighted by atomic mass is 9.86. The molecule has 1 aromatic rings. The van der Waals surface area contributed by atoms with E-state index in [1.54, 1.807) is 6.20 Å². The van der Waals surface area contributed by atoms with Gasteiger partial charge < -0.3 is 15.5 Å². The number of hydrogen-bond acceptors (Lipinski definition) is 5. The fourth-order valence-electron chi connectivity index (χ4n) is 5.85. The number of hydrogen-bond donors (Lipinski definition) is 3. The van der Waals surface area contributed by atoms with E-state index in [2.05, 4.69) is 71.8 Å². The highest BCUT2D eigenvalue weighted by atomic mass is 35.5. The molecule has 5 unspecified atom stereocenters. The normalized spacial score (nSPS) is 18.2. The molecule has 2 heterocycles. The summed E-state index contributed by atoms with van der Waals surface area (Å²) in [5, 5.41) is 7.07. The molecule has 49 heavy (non-hydrogen) atoms. The number of rotatable bonds is 13. The van der Waals surface area contributed by atoms with Crippen LogP contribution in [0.15, 0.2) is 30.6 Å². The first-order valence-electron chi connectivity index (χ1n) is 19.2. The van der Waals surface area contributed by atoms with E-state index in [9.17, 15) is 9.59 Å². The van der Waals surface area contributed by atoms with Crippen LogP contribution in [0.2, 0.25) is 5.02 Å². The third kappa shape index (κ3) is 21.6. The van der Waals surface area contributed by atoms with Crippen LogP contribution in [-0.2, 0) is 16.0 Å². The average Bonchev–Trinajstić information content (AvgIpc) is 3.57. The first kappa shape index (κ1) is 49.8. The van der Waals surface area contributed by atoms with Crippen LogP contribution in [0, 0.1) is 23.2 Å². The van der Waals surface area contributed by atoms with E-state index >= 15 is 0 Å². The van der Waals surface area contributed by atoms with E-state index in [1.807, 2.05) is 65.5 Å². The van der Waals surface area contributed by atoms with E-state index in [0.29, 0.717) is 35.1 Å². The summed E-state index contributed by atoms with van der Waals surface area (Å²) in [6.45, 7) is 29.2. The van der Waals surface area contributed by atoms with Gasteiger partial charge in [0.2, 0.25) is 12.3 Å². The second-order valence-electron chi connectivity index (χ2n) is 14.0. The monoisotopic (exact) mass is 743 g/mol.